The summed E-state index contributed by atoms with van der Waals surface area (Å²) >= 11 is 0. The van der Waals surface area contributed by atoms with Gasteiger partial charge in [-0.1, -0.05) is 20.3 Å². The van der Waals surface area contributed by atoms with E-state index in [4.69, 9.17) is 0 Å². The van der Waals surface area contributed by atoms with Gasteiger partial charge in [0.25, 0.3) is 0 Å². The summed E-state index contributed by atoms with van der Waals surface area (Å²) in [5, 5.41) is 0. The van der Waals surface area contributed by atoms with Crippen molar-refractivity contribution < 1.29 is 21.2 Å². The molecule has 1 aliphatic heterocycles. The molecule has 0 fully saturated rings. The van der Waals surface area contributed by atoms with E-state index in [2.05, 4.69) is 79.7 Å². The van der Waals surface area contributed by atoms with Crippen molar-refractivity contribution in [3.05, 3.63) is 85.5 Å². The van der Waals surface area contributed by atoms with Gasteiger partial charge in [-0.2, -0.15) is 0 Å². The maximum Gasteiger partial charge on any atom is 0.211 e. The normalized spacial score (nSPS) is 13.9. The first kappa shape index (κ1) is 25.3. The molecule has 0 spiro atoms. The SMILES string of the molecule is CCCCC1=C(c2cc(C)c(C)c(C)c2)[N+](=[N-])C(c2cc(C)c(C)c(C)c2)=C1CC.[Ni]. The zero-order chi connectivity index (χ0) is 22.2. The average Bonchev–Trinajstić information content (AvgIpc) is 2.99. The Bertz CT molecular complexity index is 1040. The number of benzene rings is 2. The third-order valence-corrected chi connectivity index (χ3v) is 6.89. The van der Waals surface area contributed by atoms with E-state index in [1.165, 1.54) is 49.2 Å². The van der Waals surface area contributed by atoms with Gasteiger partial charge in [0, 0.05) is 38.8 Å². The molecule has 2 nitrogen and oxygen atoms in total. The number of allylic oxidation sites excluding steroid dienone is 2. The summed E-state index contributed by atoms with van der Waals surface area (Å²) in [7, 11) is 0. The van der Waals surface area contributed by atoms with Crippen molar-refractivity contribution in [1.82, 2.24) is 0 Å². The Balaban J connectivity index is 0.00000341. The Labute approximate surface area is 198 Å². The Morgan fingerprint density at radius 2 is 1.06 bits per heavy atom. The maximum atomic E-state index is 11.5. The van der Waals surface area contributed by atoms with Crippen LogP contribution >= 0.6 is 0 Å². The molecule has 0 amide bonds. The Morgan fingerprint density at radius 3 is 1.42 bits per heavy atom. The van der Waals surface area contributed by atoms with E-state index in [0.717, 1.165) is 48.2 Å². The van der Waals surface area contributed by atoms with Gasteiger partial charge in [0.1, 0.15) is 0 Å². The Kier molecular flexibility index (Phi) is 8.23. The molecule has 0 atom stereocenters. The second-order valence-corrected chi connectivity index (χ2v) is 8.89. The smallest absolute Gasteiger partial charge is 0.211 e. The minimum Gasteiger partial charge on any atom is -0.493 e. The molecule has 0 aromatic heterocycles. The first-order valence-corrected chi connectivity index (χ1v) is 11.3. The van der Waals surface area contributed by atoms with Gasteiger partial charge in [-0.05, 0) is 118 Å². The molecule has 168 valence electrons. The molecule has 0 bridgehead atoms. The molecule has 1 heterocycles. The van der Waals surface area contributed by atoms with E-state index in [1.54, 1.807) is 0 Å². The molecule has 0 radical (unpaired) electrons. The second kappa shape index (κ2) is 10.1. The molecule has 0 saturated carbocycles. The first-order chi connectivity index (χ1) is 14.2. The summed E-state index contributed by atoms with van der Waals surface area (Å²) in [5.41, 5.74) is 26.0. The van der Waals surface area contributed by atoms with E-state index >= 15 is 0 Å². The zero-order valence-electron chi connectivity index (χ0n) is 20.3. The Morgan fingerprint density at radius 1 is 0.677 bits per heavy atom. The summed E-state index contributed by atoms with van der Waals surface area (Å²) in [6, 6.07) is 8.91. The van der Waals surface area contributed by atoms with Gasteiger partial charge in [-0.15, -0.1) is 0 Å². The van der Waals surface area contributed by atoms with E-state index in [0.29, 0.717) is 0 Å². The van der Waals surface area contributed by atoms with Crippen LogP contribution in [0.4, 0.5) is 0 Å². The number of nitrogens with zero attached hydrogens (tertiary/aromatic N) is 2. The van der Waals surface area contributed by atoms with Crippen LogP contribution in [0.1, 0.15) is 84.0 Å². The monoisotopic (exact) mass is 458 g/mol. The number of unbranched alkanes of at least 4 members (excludes halogenated alkanes) is 1. The fraction of sp³-hybridized carbons (Fsp3) is 0.429. The summed E-state index contributed by atoms with van der Waals surface area (Å²) in [6.07, 6.45) is 4.17. The van der Waals surface area contributed by atoms with E-state index in [9.17, 15) is 5.53 Å². The Hall–Kier alpha value is -1.99. The van der Waals surface area contributed by atoms with Crippen molar-refractivity contribution in [1.29, 1.82) is 0 Å². The molecule has 2 aromatic carbocycles. The quantitative estimate of drug-likeness (QED) is 0.307. The second-order valence-electron chi connectivity index (χ2n) is 8.89. The van der Waals surface area contributed by atoms with Crippen LogP contribution in [0.3, 0.4) is 0 Å². The third kappa shape index (κ3) is 4.63. The van der Waals surface area contributed by atoms with Crippen molar-refractivity contribution in [2.75, 3.05) is 0 Å². The average molecular weight is 459 g/mol. The largest absolute Gasteiger partial charge is 0.493 e. The molecule has 1 aliphatic rings. The fourth-order valence-corrected chi connectivity index (χ4v) is 4.59. The molecule has 3 heteroatoms. The maximum absolute atomic E-state index is 11.5. The van der Waals surface area contributed by atoms with Crippen molar-refractivity contribution >= 4 is 11.4 Å². The topological polar surface area (TPSA) is 25.3 Å². The number of rotatable bonds is 6. The van der Waals surface area contributed by atoms with Gasteiger partial charge >= 0.3 is 0 Å². The zero-order valence-corrected chi connectivity index (χ0v) is 21.3. The molecule has 0 saturated heterocycles. The van der Waals surface area contributed by atoms with Crippen LogP contribution in [0.25, 0.3) is 16.9 Å². The minimum absolute atomic E-state index is 0. The van der Waals surface area contributed by atoms with Gasteiger partial charge in [0.2, 0.25) is 11.4 Å². The summed E-state index contributed by atoms with van der Waals surface area (Å²) in [5.74, 6) is 0. The number of aryl methyl sites for hydroxylation is 4. The predicted octanol–water partition coefficient (Wildman–Crippen LogP) is 8.30. The molecule has 31 heavy (non-hydrogen) atoms. The van der Waals surface area contributed by atoms with Crippen LogP contribution in [0, 0.1) is 41.5 Å². The van der Waals surface area contributed by atoms with Gasteiger partial charge in [0.15, 0.2) is 0 Å². The van der Waals surface area contributed by atoms with Gasteiger partial charge in [0.05, 0.1) is 0 Å². The van der Waals surface area contributed by atoms with Crippen molar-refractivity contribution in [3.63, 3.8) is 0 Å². The van der Waals surface area contributed by atoms with Crippen molar-refractivity contribution in [2.24, 2.45) is 0 Å². The number of hydrogen-bond donors (Lipinski definition) is 0. The van der Waals surface area contributed by atoms with Crippen molar-refractivity contribution in [2.45, 2.75) is 81.1 Å². The first-order valence-electron chi connectivity index (χ1n) is 11.3. The molecule has 0 aliphatic carbocycles. The van der Waals surface area contributed by atoms with Crippen LogP contribution < -0.4 is 0 Å². The van der Waals surface area contributed by atoms with Crippen LogP contribution in [0.5, 0.6) is 0 Å². The van der Waals surface area contributed by atoms with Crippen LogP contribution in [0.2, 0.25) is 0 Å². The van der Waals surface area contributed by atoms with Gasteiger partial charge in [-0.25, -0.2) is 4.70 Å². The molecular weight excluding hydrogens is 423 g/mol. The van der Waals surface area contributed by atoms with Crippen LogP contribution in [-0.2, 0) is 16.5 Å². The summed E-state index contributed by atoms with van der Waals surface area (Å²) in [4.78, 5) is 0. The summed E-state index contributed by atoms with van der Waals surface area (Å²) in [6.45, 7) is 17.4. The van der Waals surface area contributed by atoms with Crippen molar-refractivity contribution in [3.8, 4) is 0 Å². The predicted molar refractivity (Wildman–Crippen MR) is 129 cm³/mol. The van der Waals surface area contributed by atoms with Crippen LogP contribution in [-0.4, -0.2) is 4.70 Å². The molecule has 2 aromatic rings. The van der Waals surface area contributed by atoms with Crippen LogP contribution in [0.15, 0.2) is 35.4 Å². The van der Waals surface area contributed by atoms with E-state index in [-0.39, 0.29) is 16.5 Å². The van der Waals surface area contributed by atoms with E-state index in [1.807, 2.05) is 0 Å². The molecule has 0 unspecified atom stereocenters. The van der Waals surface area contributed by atoms with Gasteiger partial charge in [-0.3, -0.25) is 0 Å². The molecule has 3 rings (SSSR count). The minimum atomic E-state index is 0. The fourth-order valence-electron chi connectivity index (χ4n) is 4.59. The standard InChI is InChI=1S/C28H36N2.Ni/c1-9-11-12-26-25(10-2)27(23-13-17(3)21(7)18(4)14-23)30(29)28(26)24-15-19(5)22(8)20(6)16-24;/h13-16H,9-12H2,1-8H3;. The molecular formula is C28H36N2Ni. The third-order valence-electron chi connectivity index (χ3n) is 6.89. The molecule has 0 N–H and O–H groups in total. The number of hydrogen-bond acceptors (Lipinski definition) is 0. The summed E-state index contributed by atoms with van der Waals surface area (Å²) < 4.78 is 1.48. The van der Waals surface area contributed by atoms with Gasteiger partial charge < -0.3 is 5.53 Å². The van der Waals surface area contributed by atoms with E-state index < -0.39 is 0 Å².